The van der Waals surface area contributed by atoms with E-state index in [0.29, 0.717) is 21.9 Å². The number of benzene rings is 2. The Morgan fingerprint density at radius 3 is 2.59 bits per heavy atom. The molecule has 29 heavy (non-hydrogen) atoms. The van der Waals surface area contributed by atoms with Crippen molar-refractivity contribution in [3.63, 3.8) is 0 Å². The summed E-state index contributed by atoms with van der Waals surface area (Å²) in [6, 6.07) is 12.9. The zero-order valence-corrected chi connectivity index (χ0v) is 17.0. The van der Waals surface area contributed by atoms with Crippen molar-refractivity contribution in [1.29, 1.82) is 0 Å². The summed E-state index contributed by atoms with van der Waals surface area (Å²) in [5.74, 6) is -1.82. The number of aliphatic carboxylic acids is 1. The second kappa shape index (κ2) is 9.08. The molecule has 0 atom stereocenters. The molecule has 1 heterocycles. The molecule has 2 amide bonds. The van der Waals surface area contributed by atoms with Gasteiger partial charge in [-0.3, -0.25) is 15.0 Å². The number of nitrogens with zero attached hydrogens (tertiary/aromatic N) is 1. The number of thiocarbonyl (C=S) groups is 1. The molecule has 1 fully saturated rings. The van der Waals surface area contributed by atoms with Gasteiger partial charge in [-0.05, 0) is 48.6 Å². The largest absolute Gasteiger partial charge is 0.481 e. The Bertz CT molecular complexity index is 1020. The molecule has 0 aliphatic carbocycles. The molecular weight excluding hydrogens is 436 g/mol. The number of hydrogen-bond acceptors (Lipinski definition) is 6. The van der Waals surface area contributed by atoms with Gasteiger partial charge in [0.05, 0.1) is 4.91 Å². The van der Waals surface area contributed by atoms with E-state index in [-0.39, 0.29) is 9.23 Å². The van der Waals surface area contributed by atoms with Crippen LogP contribution in [0.5, 0.6) is 5.75 Å². The van der Waals surface area contributed by atoms with Crippen molar-refractivity contribution in [1.82, 2.24) is 10.4 Å². The molecule has 0 aromatic heterocycles. The zero-order chi connectivity index (χ0) is 21.0. The minimum atomic E-state index is -1.11. The van der Waals surface area contributed by atoms with Gasteiger partial charge in [-0.1, -0.05) is 41.6 Å². The molecular formula is C19H13ClN2O5S2. The standard InChI is InChI=1S/C19H13ClN2O5S2/c20-13-7-5-11(6-8-13)17(25)21-22-18(26)15(29-19(22)28)9-12-3-1-2-4-14(12)27-10-16(23)24/h1-9H,10H2,(H,21,25)(H,23,24)/b15-9-. The number of halogens is 1. The van der Waals surface area contributed by atoms with Crippen molar-refractivity contribution in [3.8, 4) is 5.75 Å². The molecule has 0 unspecified atom stereocenters. The summed E-state index contributed by atoms with van der Waals surface area (Å²) in [5, 5.41) is 10.3. The number of amides is 2. The van der Waals surface area contributed by atoms with Crippen LogP contribution in [0.4, 0.5) is 0 Å². The Kier molecular flexibility index (Phi) is 6.53. The van der Waals surface area contributed by atoms with E-state index in [2.05, 4.69) is 5.43 Å². The number of carbonyl (C=O) groups excluding carboxylic acids is 2. The van der Waals surface area contributed by atoms with E-state index in [4.69, 9.17) is 33.7 Å². The maximum absolute atomic E-state index is 12.7. The maximum atomic E-state index is 12.7. The monoisotopic (exact) mass is 448 g/mol. The Morgan fingerprint density at radius 1 is 1.21 bits per heavy atom. The van der Waals surface area contributed by atoms with E-state index in [9.17, 15) is 14.4 Å². The molecule has 0 saturated carbocycles. The van der Waals surface area contributed by atoms with Gasteiger partial charge in [-0.25, -0.2) is 4.79 Å². The van der Waals surface area contributed by atoms with Gasteiger partial charge in [0, 0.05) is 16.1 Å². The average molecular weight is 449 g/mol. The number of ether oxygens (including phenoxy) is 1. The van der Waals surface area contributed by atoms with Crippen LogP contribution in [0.25, 0.3) is 6.08 Å². The lowest BCUT2D eigenvalue weighted by molar-refractivity contribution is -0.139. The van der Waals surface area contributed by atoms with Crippen molar-refractivity contribution < 1.29 is 24.2 Å². The van der Waals surface area contributed by atoms with Crippen LogP contribution in [0.2, 0.25) is 5.02 Å². The van der Waals surface area contributed by atoms with Gasteiger partial charge in [-0.2, -0.15) is 5.01 Å². The predicted octanol–water partition coefficient (Wildman–Crippen LogP) is 3.35. The van der Waals surface area contributed by atoms with Crippen molar-refractivity contribution in [3.05, 3.63) is 69.6 Å². The highest BCUT2D eigenvalue weighted by atomic mass is 35.5. The van der Waals surface area contributed by atoms with Gasteiger partial charge in [0.15, 0.2) is 10.9 Å². The molecule has 148 valence electrons. The molecule has 0 radical (unpaired) electrons. The number of rotatable bonds is 6. The van der Waals surface area contributed by atoms with Crippen LogP contribution in [0.1, 0.15) is 15.9 Å². The molecule has 2 N–H and O–H groups in total. The molecule has 1 saturated heterocycles. The number of para-hydroxylation sites is 1. The number of hydrazine groups is 1. The average Bonchev–Trinajstić information content (AvgIpc) is 2.95. The van der Waals surface area contributed by atoms with Crippen LogP contribution >= 0.6 is 35.6 Å². The van der Waals surface area contributed by atoms with E-state index in [1.807, 2.05) is 0 Å². The third kappa shape index (κ3) is 5.14. The number of hydrogen-bond donors (Lipinski definition) is 2. The van der Waals surface area contributed by atoms with Crippen molar-refractivity contribution in [2.45, 2.75) is 0 Å². The summed E-state index contributed by atoms with van der Waals surface area (Å²) in [7, 11) is 0. The Balaban J connectivity index is 1.77. The first-order valence-corrected chi connectivity index (χ1v) is 9.73. The van der Waals surface area contributed by atoms with Gasteiger partial charge in [-0.15, -0.1) is 0 Å². The number of thioether (sulfide) groups is 1. The number of carboxylic acid groups (broad SMARTS) is 1. The summed E-state index contributed by atoms with van der Waals surface area (Å²) < 4.78 is 5.40. The van der Waals surface area contributed by atoms with Crippen molar-refractivity contribution >= 4 is 63.8 Å². The number of carbonyl (C=O) groups is 3. The third-order valence-electron chi connectivity index (χ3n) is 3.67. The minimum Gasteiger partial charge on any atom is -0.481 e. The summed E-state index contributed by atoms with van der Waals surface area (Å²) in [4.78, 5) is 36.1. The summed E-state index contributed by atoms with van der Waals surface area (Å²) >= 11 is 12.0. The van der Waals surface area contributed by atoms with E-state index < -0.39 is 24.4 Å². The highest BCUT2D eigenvalue weighted by Crippen LogP contribution is 2.33. The first kappa shape index (κ1) is 20.8. The third-order valence-corrected chi connectivity index (χ3v) is 5.22. The lowest BCUT2D eigenvalue weighted by atomic mass is 10.2. The van der Waals surface area contributed by atoms with E-state index in [1.54, 1.807) is 36.4 Å². The Hall–Kier alpha value is -2.88. The molecule has 3 rings (SSSR count). The van der Waals surface area contributed by atoms with Crippen molar-refractivity contribution in [2.24, 2.45) is 0 Å². The SMILES string of the molecule is O=C(O)COc1ccccc1/C=C1\SC(=S)N(NC(=O)c2ccc(Cl)cc2)C1=O. The summed E-state index contributed by atoms with van der Waals surface area (Å²) in [5.41, 5.74) is 3.31. The van der Waals surface area contributed by atoms with Gasteiger partial charge in [0.1, 0.15) is 5.75 Å². The van der Waals surface area contributed by atoms with Gasteiger partial charge in [0.25, 0.3) is 11.8 Å². The molecule has 10 heteroatoms. The van der Waals surface area contributed by atoms with Crippen LogP contribution in [0, 0.1) is 0 Å². The fourth-order valence-corrected chi connectivity index (χ4v) is 3.64. The smallest absolute Gasteiger partial charge is 0.341 e. The van der Waals surface area contributed by atoms with Crippen LogP contribution in [0.15, 0.2) is 53.4 Å². The Labute approximate surface area is 180 Å². The lowest BCUT2D eigenvalue weighted by Crippen LogP contribution is -2.44. The minimum absolute atomic E-state index is 0.160. The highest BCUT2D eigenvalue weighted by molar-refractivity contribution is 8.26. The topological polar surface area (TPSA) is 95.9 Å². The zero-order valence-electron chi connectivity index (χ0n) is 14.6. The van der Waals surface area contributed by atoms with Crippen molar-refractivity contribution in [2.75, 3.05) is 6.61 Å². The van der Waals surface area contributed by atoms with Crippen LogP contribution in [0.3, 0.4) is 0 Å². The first-order chi connectivity index (χ1) is 13.8. The van der Waals surface area contributed by atoms with Gasteiger partial charge < -0.3 is 9.84 Å². The summed E-state index contributed by atoms with van der Waals surface area (Å²) in [6.07, 6.45) is 1.53. The molecule has 0 bridgehead atoms. The fraction of sp³-hybridized carbons (Fsp3) is 0.0526. The molecule has 2 aromatic carbocycles. The molecule has 1 aliphatic heterocycles. The second-order valence-corrected chi connectivity index (χ2v) is 7.80. The lowest BCUT2D eigenvalue weighted by Gasteiger charge is -2.15. The summed E-state index contributed by atoms with van der Waals surface area (Å²) in [6.45, 7) is -0.511. The fourth-order valence-electron chi connectivity index (χ4n) is 2.34. The molecule has 2 aromatic rings. The van der Waals surface area contributed by atoms with E-state index in [1.165, 1.54) is 18.2 Å². The van der Waals surface area contributed by atoms with E-state index in [0.717, 1.165) is 16.8 Å². The van der Waals surface area contributed by atoms with E-state index >= 15 is 0 Å². The van der Waals surface area contributed by atoms with Gasteiger partial charge >= 0.3 is 5.97 Å². The Morgan fingerprint density at radius 2 is 1.90 bits per heavy atom. The normalized spacial score (nSPS) is 14.9. The molecule has 0 spiro atoms. The first-order valence-electron chi connectivity index (χ1n) is 8.13. The van der Waals surface area contributed by atoms with Crippen LogP contribution in [-0.2, 0) is 9.59 Å². The second-order valence-electron chi connectivity index (χ2n) is 5.69. The quantitative estimate of drug-likeness (QED) is 0.516. The van der Waals surface area contributed by atoms with Gasteiger partial charge in [0.2, 0.25) is 0 Å². The molecule has 1 aliphatic rings. The van der Waals surface area contributed by atoms with Crippen LogP contribution in [-0.4, -0.2) is 38.8 Å². The number of nitrogens with one attached hydrogen (secondary N) is 1. The highest BCUT2D eigenvalue weighted by Gasteiger charge is 2.34. The van der Waals surface area contributed by atoms with Crippen LogP contribution < -0.4 is 10.2 Å². The maximum Gasteiger partial charge on any atom is 0.341 e. The molecule has 7 nitrogen and oxygen atoms in total. The number of carboxylic acids is 1. The predicted molar refractivity (Wildman–Crippen MR) is 114 cm³/mol.